The summed E-state index contributed by atoms with van der Waals surface area (Å²) in [4.78, 5) is 21.7. The molecule has 0 radical (unpaired) electrons. The number of likely N-dealkylation sites (N-methyl/N-ethyl adjacent to an activating group) is 1. The summed E-state index contributed by atoms with van der Waals surface area (Å²) in [5, 5.41) is 1.12. The summed E-state index contributed by atoms with van der Waals surface area (Å²) >= 11 is 0. The van der Waals surface area contributed by atoms with Crippen molar-refractivity contribution in [3.8, 4) is 0 Å². The summed E-state index contributed by atoms with van der Waals surface area (Å²) in [6.45, 7) is 3.15. The number of pyridine rings is 1. The van der Waals surface area contributed by atoms with Gasteiger partial charge in [-0.15, -0.1) is 0 Å². The lowest BCUT2D eigenvalue weighted by molar-refractivity contribution is -0.133. The van der Waals surface area contributed by atoms with E-state index in [2.05, 4.69) is 9.97 Å². The third kappa shape index (κ3) is 3.46. The smallest absolute Gasteiger partial charge is 0.240 e. The van der Waals surface area contributed by atoms with E-state index in [-0.39, 0.29) is 5.91 Å². The largest absolute Gasteiger partial charge is 0.361 e. The Kier molecular flexibility index (Phi) is 4.91. The topological polar surface area (TPSA) is 75.0 Å². The highest BCUT2D eigenvalue weighted by Gasteiger charge is 2.21. The van der Waals surface area contributed by atoms with E-state index in [1.807, 2.05) is 49.5 Å². The Labute approximate surface area is 141 Å². The van der Waals surface area contributed by atoms with Crippen LogP contribution >= 0.6 is 0 Å². The van der Waals surface area contributed by atoms with Gasteiger partial charge in [-0.3, -0.25) is 9.78 Å². The number of H-pyrrole nitrogens is 1. The molecular weight excluding hydrogens is 300 g/mol. The number of fused-ring (bicyclic) bond motifs is 1. The van der Waals surface area contributed by atoms with Crippen LogP contribution in [0.1, 0.15) is 18.1 Å². The number of nitrogens with zero attached hydrogens (tertiary/aromatic N) is 2. The van der Waals surface area contributed by atoms with Gasteiger partial charge in [0.05, 0.1) is 6.04 Å². The van der Waals surface area contributed by atoms with E-state index in [0.717, 1.165) is 22.0 Å². The molecule has 0 saturated carbocycles. The maximum atomic E-state index is 12.7. The molecule has 0 aliphatic carbocycles. The number of nitrogens with two attached hydrogens (primary N) is 1. The average molecular weight is 322 g/mol. The van der Waals surface area contributed by atoms with Gasteiger partial charge < -0.3 is 15.6 Å². The van der Waals surface area contributed by atoms with Gasteiger partial charge in [0.25, 0.3) is 0 Å². The van der Waals surface area contributed by atoms with E-state index in [9.17, 15) is 4.79 Å². The first-order valence-corrected chi connectivity index (χ1v) is 8.17. The van der Waals surface area contributed by atoms with E-state index in [1.165, 1.54) is 0 Å². The van der Waals surface area contributed by atoms with Crippen molar-refractivity contribution < 1.29 is 4.79 Å². The van der Waals surface area contributed by atoms with Crippen LogP contribution in [-0.4, -0.2) is 33.4 Å². The molecule has 3 aromatic rings. The molecule has 0 saturated heterocycles. The molecule has 5 nitrogen and oxygen atoms in total. The van der Waals surface area contributed by atoms with Crippen molar-refractivity contribution in [3.63, 3.8) is 0 Å². The number of hydrogen-bond acceptors (Lipinski definition) is 3. The normalized spacial score (nSPS) is 12.2. The first-order valence-electron chi connectivity index (χ1n) is 8.17. The summed E-state index contributed by atoms with van der Waals surface area (Å²) in [7, 11) is 0. The lowest BCUT2D eigenvalue weighted by Crippen LogP contribution is -2.44. The first-order chi connectivity index (χ1) is 11.7. The number of benzene rings is 1. The second-order valence-corrected chi connectivity index (χ2v) is 5.88. The maximum Gasteiger partial charge on any atom is 0.240 e. The molecule has 124 valence electrons. The number of carbonyl (C=O) groups is 1. The predicted molar refractivity (Wildman–Crippen MR) is 95.3 cm³/mol. The van der Waals surface area contributed by atoms with Crippen molar-refractivity contribution in [2.75, 3.05) is 6.54 Å². The van der Waals surface area contributed by atoms with Gasteiger partial charge in [0.15, 0.2) is 0 Å². The molecule has 24 heavy (non-hydrogen) atoms. The number of rotatable bonds is 6. The van der Waals surface area contributed by atoms with E-state index in [1.54, 1.807) is 17.3 Å². The Balaban J connectivity index is 1.71. The Bertz CT molecular complexity index is 812. The number of aromatic amines is 1. The van der Waals surface area contributed by atoms with Crippen LogP contribution in [0.3, 0.4) is 0 Å². The SMILES string of the molecule is CCN(Cc1ccncc1)C(=O)[C@@H](N)Cc1c[nH]c2ccccc12. The minimum atomic E-state index is -0.550. The van der Waals surface area contributed by atoms with Gasteiger partial charge in [0.1, 0.15) is 0 Å². The van der Waals surface area contributed by atoms with E-state index in [4.69, 9.17) is 5.73 Å². The zero-order valence-corrected chi connectivity index (χ0v) is 13.8. The standard InChI is InChI=1S/C19H22N4O/c1-2-23(13-14-7-9-21-10-8-14)19(24)17(20)11-15-12-22-18-6-4-3-5-16(15)18/h3-10,12,17,22H,2,11,13,20H2,1H3/t17-/m0/s1. The quantitative estimate of drug-likeness (QED) is 0.732. The van der Waals surface area contributed by atoms with E-state index < -0.39 is 6.04 Å². The first kappa shape index (κ1) is 16.2. The van der Waals surface area contributed by atoms with Gasteiger partial charge in [-0.2, -0.15) is 0 Å². The molecular formula is C19H22N4O. The van der Waals surface area contributed by atoms with Gasteiger partial charge >= 0.3 is 0 Å². The number of hydrogen-bond donors (Lipinski definition) is 2. The fourth-order valence-corrected chi connectivity index (χ4v) is 2.91. The molecule has 0 bridgehead atoms. The Morgan fingerprint density at radius 3 is 2.75 bits per heavy atom. The van der Waals surface area contributed by atoms with Crippen LogP contribution in [0.2, 0.25) is 0 Å². The van der Waals surface area contributed by atoms with Crippen molar-refractivity contribution in [1.82, 2.24) is 14.9 Å². The molecule has 1 aromatic carbocycles. The summed E-state index contributed by atoms with van der Waals surface area (Å²) in [6.07, 6.45) is 5.94. The zero-order chi connectivity index (χ0) is 16.9. The highest BCUT2D eigenvalue weighted by atomic mass is 16.2. The van der Waals surface area contributed by atoms with Crippen LogP contribution in [0, 0.1) is 0 Å². The van der Waals surface area contributed by atoms with Crippen LogP contribution in [0.15, 0.2) is 55.0 Å². The highest BCUT2D eigenvalue weighted by molar-refractivity contribution is 5.86. The van der Waals surface area contributed by atoms with E-state index >= 15 is 0 Å². The van der Waals surface area contributed by atoms with Gasteiger partial charge in [0.2, 0.25) is 5.91 Å². The van der Waals surface area contributed by atoms with Crippen molar-refractivity contribution >= 4 is 16.8 Å². The molecule has 3 rings (SSSR count). The molecule has 1 amide bonds. The van der Waals surface area contributed by atoms with Crippen LogP contribution in [0.5, 0.6) is 0 Å². The van der Waals surface area contributed by atoms with Crippen LogP contribution in [0.25, 0.3) is 10.9 Å². The van der Waals surface area contributed by atoms with Gasteiger partial charge in [0, 0.05) is 42.6 Å². The van der Waals surface area contributed by atoms with Crippen molar-refractivity contribution in [2.45, 2.75) is 25.9 Å². The number of carbonyl (C=O) groups excluding carboxylic acids is 1. The van der Waals surface area contributed by atoms with Crippen molar-refractivity contribution in [1.29, 1.82) is 0 Å². The maximum absolute atomic E-state index is 12.7. The van der Waals surface area contributed by atoms with Gasteiger partial charge in [-0.25, -0.2) is 0 Å². The van der Waals surface area contributed by atoms with Crippen LogP contribution in [0.4, 0.5) is 0 Å². The van der Waals surface area contributed by atoms with Crippen molar-refractivity contribution in [2.24, 2.45) is 5.73 Å². The van der Waals surface area contributed by atoms with Gasteiger partial charge in [-0.05, 0) is 42.7 Å². The average Bonchev–Trinajstić information content (AvgIpc) is 3.03. The molecule has 3 N–H and O–H groups in total. The Hall–Kier alpha value is -2.66. The lowest BCUT2D eigenvalue weighted by Gasteiger charge is -2.24. The fourth-order valence-electron chi connectivity index (χ4n) is 2.91. The minimum absolute atomic E-state index is 0.0282. The predicted octanol–water partition coefficient (Wildman–Crippen LogP) is 2.48. The second kappa shape index (κ2) is 7.27. The molecule has 0 aliphatic heterocycles. The summed E-state index contributed by atoms with van der Waals surface area (Å²) < 4.78 is 0. The van der Waals surface area contributed by atoms with Crippen LogP contribution < -0.4 is 5.73 Å². The molecule has 0 fully saturated rings. The monoisotopic (exact) mass is 322 g/mol. The van der Waals surface area contributed by atoms with Crippen molar-refractivity contribution in [3.05, 3.63) is 66.1 Å². The minimum Gasteiger partial charge on any atom is -0.361 e. The number of nitrogens with one attached hydrogen (secondary N) is 1. The third-order valence-corrected chi connectivity index (χ3v) is 4.25. The molecule has 0 aliphatic rings. The van der Waals surface area contributed by atoms with E-state index in [0.29, 0.717) is 19.5 Å². The Morgan fingerprint density at radius 1 is 1.25 bits per heavy atom. The summed E-state index contributed by atoms with van der Waals surface area (Å²) in [6, 6.07) is 11.3. The fraction of sp³-hybridized carbons (Fsp3) is 0.263. The number of amides is 1. The molecule has 5 heteroatoms. The molecule has 2 heterocycles. The summed E-state index contributed by atoms with van der Waals surface area (Å²) in [5.74, 6) is -0.0282. The molecule has 2 aromatic heterocycles. The molecule has 0 unspecified atom stereocenters. The number of para-hydroxylation sites is 1. The lowest BCUT2D eigenvalue weighted by atomic mass is 10.0. The summed E-state index contributed by atoms with van der Waals surface area (Å²) in [5.41, 5.74) is 9.41. The van der Waals surface area contributed by atoms with Crippen LogP contribution in [-0.2, 0) is 17.8 Å². The number of aromatic nitrogens is 2. The Morgan fingerprint density at radius 2 is 2.00 bits per heavy atom. The second-order valence-electron chi connectivity index (χ2n) is 5.88. The molecule has 0 spiro atoms. The van der Waals surface area contributed by atoms with Gasteiger partial charge in [-0.1, -0.05) is 18.2 Å². The zero-order valence-electron chi connectivity index (χ0n) is 13.8. The molecule has 1 atom stereocenters. The highest BCUT2D eigenvalue weighted by Crippen LogP contribution is 2.19. The third-order valence-electron chi connectivity index (χ3n) is 4.25.